The van der Waals surface area contributed by atoms with Crippen molar-refractivity contribution in [3.63, 3.8) is 0 Å². The van der Waals surface area contributed by atoms with E-state index in [-0.39, 0.29) is 0 Å². The number of rotatable bonds is 1. The number of nitrogens with two attached hydrogens (primary N) is 1. The normalized spacial score (nSPS) is 16.2. The average molecular weight is 307 g/mol. The van der Waals surface area contributed by atoms with Gasteiger partial charge in [0.25, 0.3) is 0 Å². The Morgan fingerprint density at radius 1 is 1.28 bits per heavy atom. The van der Waals surface area contributed by atoms with Gasteiger partial charge in [0.1, 0.15) is 0 Å². The Balaban J connectivity index is 2.14. The van der Waals surface area contributed by atoms with Gasteiger partial charge in [0.2, 0.25) is 0 Å². The molecular weight excluding hydrogens is 292 g/mol. The molecule has 0 unspecified atom stereocenters. The number of nitrogen functional groups attached to an aromatic ring is 1. The Morgan fingerprint density at radius 2 is 2.06 bits per heavy atom. The molecule has 0 atom stereocenters. The van der Waals surface area contributed by atoms with E-state index in [9.17, 15) is 0 Å². The van der Waals surface area contributed by atoms with Crippen molar-refractivity contribution < 1.29 is 0 Å². The van der Waals surface area contributed by atoms with Crippen molar-refractivity contribution in [1.29, 1.82) is 0 Å². The molecule has 2 aromatic rings. The molecule has 1 fully saturated rings. The fraction of sp³-hybridized carbons (Fsp3) is 0.308. The molecule has 4 nitrogen and oxygen atoms in total. The molecule has 0 amide bonds. The molecule has 0 radical (unpaired) electrons. The highest BCUT2D eigenvalue weighted by atomic mass is 79.9. The second-order valence-corrected chi connectivity index (χ2v) is 5.38. The second-order valence-electron chi connectivity index (χ2n) is 4.46. The molecule has 3 rings (SSSR count). The van der Waals surface area contributed by atoms with Crippen LogP contribution in [0, 0.1) is 0 Å². The van der Waals surface area contributed by atoms with Crippen molar-refractivity contribution in [2.75, 3.05) is 36.8 Å². The summed E-state index contributed by atoms with van der Waals surface area (Å²) < 4.78 is 0.958. The highest BCUT2D eigenvalue weighted by Crippen LogP contribution is 2.31. The first-order chi connectivity index (χ1) is 8.75. The largest absolute Gasteiger partial charge is 0.398 e. The third-order valence-electron chi connectivity index (χ3n) is 3.29. The smallest absolute Gasteiger partial charge is 0.0956 e. The fourth-order valence-corrected chi connectivity index (χ4v) is 2.69. The predicted molar refractivity (Wildman–Crippen MR) is 78.9 cm³/mol. The van der Waals surface area contributed by atoms with Gasteiger partial charge in [0.05, 0.1) is 11.2 Å². The van der Waals surface area contributed by atoms with Crippen LogP contribution in [0.1, 0.15) is 0 Å². The maximum absolute atomic E-state index is 6.03. The van der Waals surface area contributed by atoms with Crippen molar-refractivity contribution >= 4 is 38.2 Å². The summed E-state index contributed by atoms with van der Waals surface area (Å²) in [5.41, 5.74) is 8.97. The summed E-state index contributed by atoms with van der Waals surface area (Å²) in [5.74, 6) is 0. The first-order valence-electron chi connectivity index (χ1n) is 6.05. The van der Waals surface area contributed by atoms with Crippen molar-refractivity contribution in [3.05, 3.63) is 28.9 Å². The molecule has 1 saturated heterocycles. The van der Waals surface area contributed by atoms with Crippen molar-refractivity contribution in [2.24, 2.45) is 0 Å². The molecule has 0 saturated carbocycles. The molecule has 0 bridgehead atoms. The summed E-state index contributed by atoms with van der Waals surface area (Å²) in [6.45, 7) is 4.05. The van der Waals surface area contributed by atoms with Gasteiger partial charge in [-0.05, 0) is 34.1 Å². The average Bonchev–Trinajstić information content (AvgIpc) is 2.41. The third-order valence-corrected chi connectivity index (χ3v) is 3.72. The molecule has 1 aromatic carbocycles. The number of nitrogens with zero attached hydrogens (tertiary/aromatic N) is 2. The lowest BCUT2D eigenvalue weighted by atomic mass is 10.1. The summed E-state index contributed by atoms with van der Waals surface area (Å²) in [5, 5.41) is 4.37. The number of anilines is 2. The van der Waals surface area contributed by atoms with Crippen LogP contribution in [0.5, 0.6) is 0 Å². The van der Waals surface area contributed by atoms with Crippen LogP contribution in [0.4, 0.5) is 11.4 Å². The van der Waals surface area contributed by atoms with Crippen LogP contribution in [-0.4, -0.2) is 31.2 Å². The number of aromatic nitrogens is 1. The number of halogens is 1. The minimum Gasteiger partial charge on any atom is -0.398 e. The highest BCUT2D eigenvalue weighted by molar-refractivity contribution is 9.10. The first kappa shape index (κ1) is 11.7. The van der Waals surface area contributed by atoms with E-state index < -0.39 is 0 Å². The minimum absolute atomic E-state index is 0.776. The maximum Gasteiger partial charge on any atom is 0.0956 e. The molecule has 1 aromatic heterocycles. The Hall–Kier alpha value is -1.33. The Morgan fingerprint density at radius 3 is 2.83 bits per heavy atom. The summed E-state index contributed by atoms with van der Waals surface area (Å²) in [4.78, 5) is 6.89. The topological polar surface area (TPSA) is 54.2 Å². The van der Waals surface area contributed by atoms with E-state index in [1.54, 1.807) is 0 Å². The molecule has 3 N–H and O–H groups in total. The molecule has 1 aliphatic heterocycles. The van der Waals surface area contributed by atoms with Crippen LogP contribution in [-0.2, 0) is 0 Å². The zero-order chi connectivity index (χ0) is 12.5. The number of fused-ring (bicyclic) bond motifs is 1. The van der Waals surface area contributed by atoms with Gasteiger partial charge in [-0.1, -0.05) is 0 Å². The standard InChI is InChI=1S/C13H15BrN4/c14-9-7-10-11(15)1-2-12(13(10)17-8-9)18-5-3-16-4-6-18/h1-2,7-8,16H,3-6,15H2. The second kappa shape index (κ2) is 4.74. The number of hydrogen-bond acceptors (Lipinski definition) is 4. The molecule has 5 heteroatoms. The van der Waals surface area contributed by atoms with E-state index in [1.807, 2.05) is 18.3 Å². The lowest BCUT2D eigenvalue weighted by Crippen LogP contribution is -2.43. The lowest BCUT2D eigenvalue weighted by Gasteiger charge is -2.30. The quantitative estimate of drug-likeness (QED) is 0.791. The molecule has 1 aliphatic rings. The van der Waals surface area contributed by atoms with Crippen LogP contribution in [0.15, 0.2) is 28.9 Å². The van der Waals surface area contributed by atoms with Gasteiger partial charge >= 0.3 is 0 Å². The number of nitrogens with one attached hydrogen (secondary N) is 1. The van der Waals surface area contributed by atoms with Gasteiger partial charge < -0.3 is 16.0 Å². The molecular formula is C13H15BrN4. The summed E-state index contributed by atoms with van der Waals surface area (Å²) in [7, 11) is 0. The number of pyridine rings is 1. The van der Waals surface area contributed by atoms with E-state index >= 15 is 0 Å². The Bertz CT molecular complexity index is 578. The van der Waals surface area contributed by atoms with E-state index in [0.717, 1.165) is 47.2 Å². The van der Waals surface area contributed by atoms with Gasteiger partial charge in [-0.25, -0.2) is 0 Å². The van der Waals surface area contributed by atoms with E-state index in [4.69, 9.17) is 5.73 Å². The Labute approximate surface area is 114 Å². The van der Waals surface area contributed by atoms with Crippen LogP contribution >= 0.6 is 15.9 Å². The van der Waals surface area contributed by atoms with Crippen LogP contribution < -0.4 is 16.0 Å². The van der Waals surface area contributed by atoms with Gasteiger partial charge in [-0.3, -0.25) is 4.98 Å². The van der Waals surface area contributed by atoms with E-state index in [0.29, 0.717) is 0 Å². The monoisotopic (exact) mass is 306 g/mol. The fourth-order valence-electron chi connectivity index (χ4n) is 2.36. The number of benzene rings is 1. The predicted octanol–water partition coefficient (Wildman–Crippen LogP) is 1.99. The highest BCUT2D eigenvalue weighted by Gasteiger charge is 2.15. The summed E-state index contributed by atoms with van der Waals surface area (Å²) >= 11 is 3.45. The van der Waals surface area contributed by atoms with Gasteiger partial charge in [0, 0.05) is 47.9 Å². The molecule has 0 spiro atoms. The van der Waals surface area contributed by atoms with Crippen LogP contribution in [0.25, 0.3) is 10.9 Å². The lowest BCUT2D eigenvalue weighted by molar-refractivity contribution is 0.590. The van der Waals surface area contributed by atoms with Crippen molar-refractivity contribution in [1.82, 2.24) is 10.3 Å². The van der Waals surface area contributed by atoms with Gasteiger partial charge in [0.15, 0.2) is 0 Å². The van der Waals surface area contributed by atoms with Crippen molar-refractivity contribution in [2.45, 2.75) is 0 Å². The number of piperazine rings is 1. The van der Waals surface area contributed by atoms with Crippen LogP contribution in [0.3, 0.4) is 0 Å². The summed E-state index contributed by atoms with van der Waals surface area (Å²) in [6.07, 6.45) is 1.83. The molecule has 0 aliphatic carbocycles. The van der Waals surface area contributed by atoms with Crippen molar-refractivity contribution in [3.8, 4) is 0 Å². The first-order valence-corrected chi connectivity index (χ1v) is 6.84. The SMILES string of the molecule is Nc1ccc(N2CCNCC2)c2ncc(Br)cc12. The van der Waals surface area contributed by atoms with E-state index in [2.05, 4.69) is 37.2 Å². The third kappa shape index (κ3) is 2.04. The van der Waals surface area contributed by atoms with Gasteiger partial charge in [-0.2, -0.15) is 0 Å². The van der Waals surface area contributed by atoms with E-state index in [1.165, 1.54) is 5.69 Å². The zero-order valence-electron chi connectivity index (χ0n) is 9.99. The molecule has 94 valence electrons. The summed E-state index contributed by atoms with van der Waals surface area (Å²) in [6, 6.07) is 6.07. The Kier molecular flexibility index (Phi) is 3.09. The minimum atomic E-state index is 0.776. The van der Waals surface area contributed by atoms with Crippen LogP contribution in [0.2, 0.25) is 0 Å². The maximum atomic E-state index is 6.03. The zero-order valence-corrected chi connectivity index (χ0v) is 11.6. The molecule has 18 heavy (non-hydrogen) atoms. The molecule has 2 heterocycles. The number of hydrogen-bond donors (Lipinski definition) is 2. The van der Waals surface area contributed by atoms with Gasteiger partial charge in [-0.15, -0.1) is 0 Å².